The van der Waals surface area contributed by atoms with Crippen LogP contribution in [0.2, 0.25) is 0 Å². The third-order valence-corrected chi connectivity index (χ3v) is 0.732. The molecule has 0 fully saturated rings. The Morgan fingerprint density at radius 3 is 2.67 bits per heavy atom. The summed E-state index contributed by atoms with van der Waals surface area (Å²) in [6.07, 6.45) is 0. The van der Waals surface area contributed by atoms with Gasteiger partial charge in [0.15, 0.2) is 0 Å². The number of aliphatic carboxylic acids is 1. The van der Waals surface area contributed by atoms with Crippen molar-refractivity contribution in [2.24, 2.45) is 11.5 Å². The molecule has 0 unspecified atom stereocenters. The Labute approximate surface area is 52.6 Å². The van der Waals surface area contributed by atoms with Gasteiger partial charge in [-0.3, -0.25) is 4.79 Å². The van der Waals surface area contributed by atoms with Gasteiger partial charge in [0.2, 0.25) is 0 Å². The van der Waals surface area contributed by atoms with E-state index in [-0.39, 0.29) is 13.3 Å². The molecule has 0 spiro atoms. The van der Waals surface area contributed by atoms with E-state index in [9.17, 15) is 4.79 Å². The smallest absolute Gasteiger partial charge is 0.322 e. The Hall–Kier alpha value is -0.650. The largest absolute Gasteiger partial charge is 0.480 e. The zero-order chi connectivity index (χ0) is 7.28. The first-order valence-electron chi connectivity index (χ1n) is 2.44. The lowest BCUT2D eigenvalue weighted by Crippen LogP contribution is -2.35. The van der Waals surface area contributed by atoms with Gasteiger partial charge < -0.3 is 21.3 Å². The molecule has 0 aliphatic heterocycles. The SMILES string of the molecule is NCOC[C@@H](N)C(=O)O. The average molecular weight is 134 g/mol. The Morgan fingerprint density at radius 1 is 1.78 bits per heavy atom. The van der Waals surface area contributed by atoms with E-state index in [0.29, 0.717) is 0 Å². The number of rotatable bonds is 4. The molecule has 0 aliphatic rings. The molecule has 5 nitrogen and oxygen atoms in total. The molecule has 0 aliphatic carbocycles. The van der Waals surface area contributed by atoms with Crippen molar-refractivity contribution in [2.75, 3.05) is 13.3 Å². The van der Waals surface area contributed by atoms with E-state index in [2.05, 4.69) is 4.74 Å². The van der Waals surface area contributed by atoms with E-state index in [0.717, 1.165) is 0 Å². The molecule has 54 valence electrons. The van der Waals surface area contributed by atoms with Crippen molar-refractivity contribution in [2.45, 2.75) is 6.04 Å². The number of ether oxygens (including phenoxy) is 1. The van der Waals surface area contributed by atoms with Gasteiger partial charge in [-0.15, -0.1) is 0 Å². The van der Waals surface area contributed by atoms with Crippen molar-refractivity contribution >= 4 is 5.97 Å². The molecule has 9 heavy (non-hydrogen) atoms. The highest BCUT2D eigenvalue weighted by molar-refractivity contribution is 5.73. The summed E-state index contributed by atoms with van der Waals surface area (Å²) in [4.78, 5) is 9.96. The molecule has 0 amide bonds. The highest BCUT2D eigenvalue weighted by Gasteiger charge is 2.09. The van der Waals surface area contributed by atoms with Crippen LogP contribution in [0.15, 0.2) is 0 Å². The monoisotopic (exact) mass is 134 g/mol. The number of carboxylic acids is 1. The van der Waals surface area contributed by atoms with E-state index in [1.54, 1.807) is 0 Å². The van der Waals surface area contributed by atoms with E-state index >= 15 is 0 Å². The fourth-order valence-corrected chi connectivity index (χ4v) is 0.266. The number of carboxylic acid groups (broad SMARTS) is 1. The quantitative estimate of drug-likeness (QED) is 0.399. The normalized spacial score (nSPS) is 13.1. The van der Waals surface area contributed by atoms with Crippen LogP contribution in [0.4, 0.5) is 0 Å². The third kappa shape index (κ3) is 3.89. The molecule has 0 aromatic heterocycles. The molecule has 5 heteroatoms. The van der Waals surface area contributed by atoms with Crippen LogP contribution in [0, 0.1) is 0 Å². The van der Waals surface area contributed by atoms with Crippen LogP contribution in [-0.4, -0.2) is 30.5 Å². The Kier molecular flexibility index (Phi) is 3.94. The summed E-state index contributed by atoms with van der Waals surface area (Å²) in [6.45, 7) is -0.0349. The molecule has 0 bridgehead atoms. The van der Waals surface area contributed by atoms with E-state index in [4.69, 9.17) is 16.6 Å². The molecular formula is C4H10N2O3. The van der Waals surface area contributed by atoms with Crippen molar-refractivity contribution < 1.29 is 14.6 Å². The molecule has 0 saturated carbocycles. The lowest BCUT2D eigenvalue weighted by molar-refractivity contribution is -0.139. The van der Waals surface area contributed by atoms with Gasteiger partial charge in [-0.2, -0.15) is 0 Å². The van der Waals surface area contributed by atoms with Gasteiger partial charge in [-0.1, -0.05) is 0 Å². The molecular weight excluding hydrogens is 124 g/mol. The molecule has 0 radical (unpaired) electrons. The third-order valence-electron chi connectivity index (χ3n) is 0.732. The summed E-state index contributed by atoms with van der Waals surface area (Å²) in [5.41, 5.74) is 9.93. The standard InChI is InChI=1S/C4H10N2O3/c5-2-9-1-3(6)4(7)8/h3H,1-2,5-6H2,(H,7,8)/t3-/m1/s1. The molecule has 0 rings (SSSR count). The second-order valence-corrected chi connectivity index (χ2v) is 1.48. The Bertz CT molecular complexity index is 95.8. The lowest BCUT2D eigenvalue weighted by atomic mass is 10.3. The average Bonchev–Trinajstić information content (AvgIpc) is 1.82. The number of carbonyl (C=O) groups is 1. The summed E-state index contributed by atoms with van der Waals surface area (Å²) in [5.74, 6) is -1.08. The minimum absolute atomic E-state index is 0.000972. The number of hydrogen-bond donors (Lipinski definition) is 3. The predicted octanol–water partition coefficient (Wildman–Crippen LogP) is -1.67. The first kappa shape index (κ1) is 8.35. The highest BCUT2D eigenvalue weighted by atomic mass is 16.5. The maximum atomic E-state index is 9.96. The van der Waals surface area contributed by atoms with Crippen LogP contribution in [0.25, 0.3) is 0 Å². The van der Waals surface area contributed by atoms with Gasteiger partial charge in [-0.05, 0) is 0 Å². The molecule has 1 atom stereocenters. The van der Waals surface area contributed by atoms with Crippen molar-refractivity contribution in [1.82, 2.24) is 0 Å². The van der Waals surface area contributed by atoms with Crippen LogP contribution in [-0.2, 0) is 9.53 Å². The summed E-state index contributed by atoms with van der Waals surface area (Å²) in [6, 6.07) is -0.964. The summed E-state index contributed by atoms with van der Waals surface area (Å²) < 4.78 is 4.53. The lowest BCUT2D eigenvalue weighted by Gasteiger charge is -2.03. The second-order valence-electron chi connectivity index (χ2n) is 1.48. The van der Waals surface area contributed by atoms with E-state index in [1.165, 1.54) is 0 Å². The molecule has 5 N–H and O–H groups in total. The first-order valence-corrected chi connectivity index (χ1v) is 2.44. The van der Waals surface area contributed by atoms with E-state index in [1.807, 2.05) is 0 Å². The zero-order valence-electron chi connectivity index (χ0n) is 4.91. The maximum Gasteiger partial charge on any atom is 0.322 e. The Morgan fingerprint density at radius 2 is 2.33 bits per heavy atom. The van der Waals surface area contributed by atoms with Crippen molar-refractivity contribution in [3.63, 3.8) is 0 Å². The van der Waals surface area contributed by atoms with Gasteiger partial charge >= 0.3 is 5.97 Å². The zero-order valence-corrected chi connectivity index (χ0v) is 4.91. The molecule has 0 saturated heterocycles. The van der Waals surface area contributed by atoms with Gasteiger partial charge in [0.1, 0.15) is 6.04 Å². The highest BCUT2D eigenvalue weighted by Crippen LogP contribution is 1.78. The molecule has 0 aromatic rings. The van der Waals surface area contributed by atoms with Crippen LogP contribution in [0.5, 0.6) is 0 Å². The van der Waals surface area contributed by atoms with Gasteiger partial charge in [0.25, 0.3) is 0 Å². The number of nitrogens with two attached hydrogens (primary N) is 2. The minimum atomic E-state index is -1.08. The molecule has 0 aromatic carbocycles. The first-order chi connectivity index (χ1) is 4.18. The number of hydrogen-bond acceptors (Lipinski definition) is 4. The maximum absolute atomic E-state index is 9.96. The van der Waals surface area contributed by atoms with Crippen molar-refractivity contribution in [1.29, 1.82) is 0 Å². The minimum Gasteiger partial charge on any atom is -0.480 e. The topological polar surface area (TPSA) is 98.6 Å². The van der Waals surface area contributed by atoms with Crippen LogP contribution >= 0.6 is 0 Å². The van der Waals surface area contributed by atoms with Gasteiger partial charge in [0, 0.05) is 0 Å². The molecule has 0 heterocycles. The Balaban J connectivity index is 3.27. The van der Waals surface area contributed by atoms with Gasteiger partial charge in [0.05, 0.1) is 13.3 Å². The van der Waals surface area contributed by atoms with E-state index < -0.39 is 12.0 Å². The van der Waals surface area contributed by atoms with Crippen LogP contribution in [0.3, 0.4) is 0 Å². The fourth-order valence-electron chi connectivity index (χ4n) is 0.266. The van der Waals surface area contributed by atoms with Gasteiger partial charge in [-0.25, -0.2) is 0 Å². The fraction of sp³-hybridized carbons (Fsp3) is 0.750. The van der Waals surface area contributed by atoms with Crippen molar-refractivity contribution in [3.8, 4) is 0 Å². The van der Waals surface area contributed by atoms with Crippen molar-refractivity contribution in [3.05, 3.63) is 0 Å². The summed E-state index contributed by atoms with van der Waals surface area (Å²) in [5, 5.41) is 8.16. The second kappa shape index (κ2) is 4.25. The van der Waals surface area contributed by atoms with Crippen LogP contribution in [0.1, 0.15) is 0 Å². The summed E-state index contributed by atoms with van der Waals surface area (Å²) in [7, 11) is 0. The van der Waals surface area contributed by atoms with Crippen LogP contribution < -0.4 is 11.5 Å². The predicted molar refractivity (Wildman–Crippen MR) is 30.6 cm³/mol. The summed E-state index contributed by atoms with van der Waals surface area (Å²) >= 11 is 0.